The zero-order valence-corrected chi connectivity index (χ0v) is 14.7. The zero-order valence-electron chi connectivity index (χ0n) is 11.0. The van der Waals surface area contributed by atoms with Gasteiger partial charge in [-0.15, -0.1) is 0 Å². The Kier molecular flexibility index (Phi) is 4.14. The molecule has 0 saturated heterocycles. The molecule has 1 amide bonds. The lowest BCUT2D eigenvalue weighted by atomic mass is 10.2. The first-order valence-corrected chi connectivity index (χ1v) is 8.44. The molecule has 2 aromatic carbocycles. The summed E-state index contributed by atoms with van der Waals surface area (Å²) in [4.78, 5) is 16.6. The minimum atomic E-state index is -0.205. The molecule has 1 heterocycles. The van der Waals surface area contributed by atoms with Gasteiger partial charge in [-0.1, -0.05) is 29.0 Å². The van der Waals surface area contributed by atoms with Crippen LogP contribution in [0.3, 0.4) is 0 Å². The van der Waals surface area contributed by atoms with Gasteiger partial charge in [0.05, 0.1) is 15.2 Å². The van der Waals surface area contributed by atoms with Crippen LogP contribution in [0.2, 0.25) is 5.02 Å². The van der Waals surface area contributed by atoms with Crippen molar-refractivity contribution in [3.8, 4) is 0 Å². The summed E-state index contributed by atoms with van der Waals surface area (Å²) in [5.41, 5.74) is 2.59. The van der Waals surface area contributed by atoms with E-state index in [0.29, 0.717) is 15.7 Å². The first kappa shape index (κ1) is 14.7. The Hall–Kier alpha value is -1.18. The molecule has 6 heteroatoms. The van der Waals surface area contributed by atoms with E-state index < -0.39 is 0 Å². The van der Waals surface area contributed by atoms with E-state index in [1.54, 1.807) is 12.1 Å². The Morgan fingerprint density at radius 1 is 1.29 bits per heavy atom. The Morgan fingerprint density at radius 3 is 2.86 bits per heavy atom. The predicted molar refractivity (Wildman–Crippen MR) is 96.5 cm³/mol. The number of thiazole rings is 1. The molecule has 0 unspecified atom stereocenters. The van der Waals surface area contributed by atoms with Crippen molar-refractivity contribution in [2.45, 2.75) is 6.92 Å². The lowest BCUT2D eigenvalue weighted by Crippen LogP contribution is -2.11. The number of amides is 1. The van der Waals surface area contributed by atoms with Gasteiger partial charge in [0.2, 0.25) is 0 Å². The van der Waals surface area contributed by atoms with E-state index in [2.05, 4.69) is 39.0 Å². The third-order valence-electron chi connectivity index (χ3n) is 2.95. The lowest BCUT2D eigenvalue weighted by Gasteiger charge is -2.03. The molecule has 0 fully saturated rings. The molecule has 1 N–H and O–H groups in total. The van der Waals surface area contributed by atoms with Crippen LogP contribution in [0.5, 0.6) is 0 Å². The number of carbonyl (C=O) groups is 1. The second kappa shape index (κ2) is 5.90. The van der Waals surface area contributed by atoms with E-state index in [4.69, 9.17) is 11.6 Å². The highest BCUT2D eigenvalue weighted by Gasteiger charge is 2.11. The molecule has 0 radical (unpaired) electrons. The molecule has 0 atom stereocenters. The molecule has 0 spiro atoms. The Balaban J connectivity index is 1.87. The van der Waals surface area contributed by atoms with Gasteiger partial charge < -0.3 is 0 Å². The van der Waals surface area contributed by atoms with Crippen LogP contribution in [0.15, 0.2) is 36.4 Å². The minimum absolute atomic E-state index is 0.205. The van der Waals surface area contributed by atoms with Crippen molar-refractivity contribution >= 4 is 66.8 Å². The van der Waals surface area contributed by atoms with Gasteiger partial charge in [-0.05, 0) is 65.4 Å². The number of fused-ring (bicyclic) bond motifs is 1. The fourth-order valence-electron chi connectivity index (χ4n) is 1.89. The summed E-state index contributed by atoms with van der Waals surface area (Å²) in [7, 11) is 0. The number of nitrogens with one attached hydrogen (secondary N) is 1. The second-order valence-corrected chi connectivity index (χ2v) is 7.17. The van der Waals surface area contributed by atoms with Crippen LogP contribution in [-0.2, 0) is 0 Å². The number of benzene rings is 2. The average molecular weight is 429 g/mol. The molecule has 3 nitrogen and oxygen atoms in total. The summed E-state index contributed by atoms with van der Waals surface area (Å²) in [5, 5.41) is 3.99. The molecule has 0 aliphatic rings. The van der Waals surface area contributed by atoms with Gasteiger partial charge in [-0.25, -0.2) is 4.98 Å². The molecule has 0 aliphatic carbocycles. The number of nitrogens with zero attached hydrogens (tertiary/aromatic N) is 1. The summed E-state index contributed by atoms with van der Waals surface area (Å²) in [6.45, 7) is 2.03. The van der Waals surface area contributed by atoms with E-state index in [1.165, 1.54) is 16.9 Å². The molecule has 0 saturated carbocycles. The number of hydrogen-bond donors (Lipinski definition) is 1. The minimum Gasteiger partial charge on any atom is -0.298 e. The quantitative estimate of drug-likeness (QED) is 0.576. The SMILES string of the molecule is Cc1ccc2nc(NC(=O)c3ccc(I)c(Cl)c3)sc2c1. The first-order valence-electron chi connectivity index (χ1n) is 6.16. The van der Waals surface area contributed by atoms with E-state index in [-0.39, 0.29) is 5.91 Å². The number of aromatic nitrogens is 1. The molecule has 1 aromatic heterocycles. The van der Waals surface area contributed by atoms with E-state index in [0.717, 1.165) is 13.8 Å². The summed E-state index contributed by atoms with van der Waals surface area (Å²) in [6.07, 6.45) is 0. The Bertz CT molecular complexity index is 847. The normalized spacial score (nSPS) is 10.8. The van der Waals surface area contributed by atoms with Crippen molar-refractivity contribution in [3.63, 3.8) is 0 Å². The number of aryl methyl sites for hydroxylation is 1. The number of anilines is 1. The fourth-order valence-corrected chi connectivity index (χ4v) is 3.37. The predicted octanol–water partition coefficient (Wildman–Crippen LogP) is 5.12. The van der Waals surface area contributed by atoms with Gasteiger partial charge in [0, 0.05) is 9.13 Å². The van der Waals surface area contributed by atoms with Crippen LogP contribution in [0.1, 0.15) is 15.9 Å². The van der Waals surface area contributed by atoms with Crippen LogP contribution in [0.4, 0.5) is 5.13 Å². The maximum absolute atomic E-state index is 12.2. The maximum Gasteiger partial charge on any atom is 0.257 e. The van der Waals surface area contributed by atoms with Crippen LogP contribution in [0.25, 0.3) is 10.2 Å². The molecular weight excluding hydrogens is 419 g/mol. The fraction of sp³-hybridized carbons (Fsp3) is 0.0667. The van der Waals surface area contributed by atoms with Gasteiger partial charge in [0.25, 0.3) is 5.91 Å². The highest BCUT2D eigenvalue weighted by atomic mass is 127. The summed E-state index contributed by atoms with van der Waals surface area (Å²) in [6, 6.07) is 11.3. The molecule has 3 aromatic rings. The molecule has 106 valence electrons. The average Bonchev–Trinajstić information content (AvgIpc) is 2.83. The number of halogens is 2. The topological polar surface area (TPSA) is 42.0 Å². The van der Waals surface area contributed by atoms with Crippen molar-refractivity contribution in [3.05, 3.63) is 56.1 Å². The highest BCUT2D eigenvalue weighted by molar-refractivity contribution is 14.1. The van der Waals surface area contributed by atoms with Gasteiger partial charge >= 0.3 is 0 Å². The van der Waals surface area contributed by atoms with Crippen LogP contribution >= 0.6 is 45.5 Å². The van der Waals surface area contributed by atoms with Crippen molar-refractivity contribution in [2.24, 2.45) is 0 Å². The lowest BCUT2D eigenvalue weighted by molar-refractivity contribution is 0.102. The van der Waals surface area contributed by atoms with Crippen LogP contribution < -0.4 is 5.32 Å². The van der Waals surface area contributed by atoms with Crippen LogP contribution in [-0.4, -0.2) is 10.9 Å². The molecular formula is C15H10ClIN2OS. The number of carbonyl (C=O) groups excluding carboxylic acids is 1. The smallest absolute Gasteiger partial charge is 0.257 e. The Morgan fingerprint density at radius 2 is 2.10 bits per heavy atom. The summed E-state index contributed by atoms with van der Waals surface area (Å²) >= 11 is 9.63. The van der Waals surface area contributed by atoms with Crippen LogP contribution in [0, 0.1) is 10.5 Å². The van der Waals surface area contributed by atoms with Crippen molar-refractivity contribution in [1.29, 1.82) is 0 Å². The van der Waals surface area contributed by atoms with E-state index >= 15 is 0 Å². The van der Waals surface area contributed by atoms with Gasteiger partial charge in [0.1, 0.15) is 0 Å². The molecule has 3 rings (SSSR count). The Labute approximate surface area is 144 Å². The largest absolute Gasteiger partial charge is 0.298 e. The van der Waals surface area contributed by atoms with Crippen molar-refractivity contribution in [1.82, 2.24) is 4.98 Å². The molecule has 0 aliphatic heterocycles. The summed E-state index contributed by atoms with van der Waals surface area (Å²) < 4.78 is 1.98. The highest BCUT2D eigenvalue weighted by Crippen LogP contribution is 2.27. The van der Waals surface area contributed by atoms with Gasteiger partial charge in [0.15, 0.2) is 5.13 Å². The third kappa shape index (κ3) is 3.20. The van der Waals surface area contributed by atoms with Crippen molar-refractivity contribution < 1.29 is 4.79 Å². The number of rotatable bonds is 2. The van der Waals surface area contributed by atoms with Gasteiger partial charge in [-0.3, -0.25) is 10.1 Å². The summed E-state index contributed by atoms with van der Waals surface area (Å²) in [5.74, 6) is -0.205. The van der Waals surface area contributed by atoms with E-state index in [1.807, 2.05) is 25.1 Å². The second-order valence-electron chi connectivity index (χ2n) is 4.57. The van der Waals surface area contributed by atoms with Crippen molar-refractivity contribution in [2.75, 3.05) is 5.32 Å². The number of hydrogen-bond acceptors (Lipinski definition) is 3. The molecule has 21 heavy (non-hydrogen) atoms. The maximum atomic E-state index is 12.2. The zero-order chi connectivity index (χ0) is 15.0. The third-order valence-corrected chi connectivity index (χ3v) is 5.45. The monoisotopic (exact) mass is 428 g/mol. The van der Waals surface area contributed by atoms with Gasteiger partial charge in [-0.2, -0.15) is 0 Å². The molecule has 0 bridgehead atoms. The first-order chi connectivity index (χ1) is 10.0. The van der Waals surface area contributed by atoms with E-state index in [9.17, 15) is 4.79 Å². The standard InChI is InChI=1S/C15H10ClIN2OS/c1-8-2-5-12-13(6-8)21-15(18-12)19-14(20)9-3-4-11(17)10(16)7-9/h2-7H,1H3,(H,18,19,20).